The number of benzene rings is 1. The third-order valence-corrected chi connectivity index (χ3v) is 3.18. The van der Waals surface area contributed by atoms with Crippen LogP contribution in [0.4, 0.5) is 5.69 Å². The van der Waals surface area contributed by atoms with Gasteiger partial charge in [0.05, 0.1) is 17.8 Å². The van der Waals surface area contributed by atoms with Gasteiger partial charge in [0.25, 0.3) is 0 Å². The first-order chi connectivity index (χ1) is 10.1. The summed E-state index contributed by atoms with van der Waals surface area (Å²) in [5.74, 6) is -0.150. The lowest BCUT2D eigenvalue weighted by Gasteiger charge is -2.07. The number of nitrogens with zero attached hydrogens (tertiary/aromatic N) is 2. The topological polar surface area (TPSA) is 66.6 Å². The highest BCUT2D eigenvalue weighted by Gasteiger charge is 2.10. The molecule has 2 aromatic heterocycles. The van der Waals surface area contributed by atoms with Crippen molar-refractivity contribution in [2.45, 2.75) is 13.3 Å². The van der Waals surface area contributed by atoms with Gasteiger partial charge in [-0.2, -0.15) is 0 Å². The molecule has 3 aromatic rings. The Kier molecular flexibility index (Phi) is 3.31. The van der Waals surface area contributed by atoms with Gasteiger partial charge in [-0.15, -0.1) is 0 Å². The molecule has 5 nitrogen and oxygen atoms in total. The molecule has 0 saturated heterocycles. The second-order valence-corrected chi connectivity index (χ2v) is 4.94. The maximum absolute atomic E-state index is 12.1. The Hall–Kier alpha value is -2.82. The number of phenols is 1. The fourth-order valence-corrected chi connectivity index (χ4v) is 2.18. The van der Waals surface area contributed by atoms with Crippen LogP contribution in [0.1, 0.15) is 11.3 Å². The van der Waals surface area contributed by atoms with Gasteiger partial charge in [-0.1, -0.05) is 12.1 Å². The molecule has 106 valence electrons. The van der Waals surface area contributed by atoms with Gasteiger partial charge in [-0.05, 0) is 36.8 Å². The summed E-state index contributed by atoms with van der Waals surface area (Å²) in [4.78, 5) is 16.4. The van der Waals surface area contributed by atoms with E-state index in [4.69, 9.17) is 0 Å². The van der Waals surface area contributed by atoms with Gasteiger partial charge in [0.15, 0.2) is 0 Å². The molecule has 0 saturated carbocycles. The fraction of sp³-hybridized carbons (Fsp3) is 0.125. The zero-order chi connectivity index (χ0) is 14.8. The number of phenolic OH excluding ortho intramolecular Hbond substituents is 1. The minimum atomic E-state index is -0.209. The van der Waals surface area contributed by atoms with E-state index in [9.17, 15) is 9.90 Å². The lowest BCUT2D eigenvalue weighted by atomic mass is 10.2. The molecule has 0 atom stereocenters. The standard InChI is InChI=1S/C16H15N3O2/c1-11-5-6-14(20)13(8-11)18-16(21)9-12-10-19-7-3-2-4-15(19)17-12/h2-8,10,20H,9H2,1H3,(H,18,21). The fourth-order valence-electron chi connectivity index (χ4n) is 2.18. The number of imidazole rings is 1. The molecule has 21 heavy (non-hydrogen) atoms. The SMILES string of the molecule is Cc1ccc(O)c(NC(=O)Cc2cn3ccccc3n2)c1. The number of carbonyl (C=O) groups excluding carboxylic acids is 1. The van der Waals surface area contributed by atoms with Crippen molar-refractivity contribution in [1.29, 1.82) is 0 Å². The monoisotopic (exact) mass is 281 g/mol. The van der Waals surface area contributed by atoms with Crippen molar-refractivity contribution in [3.63, 3.8) is 0 Å². The lowest BCUT2D eigenvalue weighted by Crippen LogP contribution is -2.14. The molecule has 0 aliphatic rings. The zero-order valence-corrected chi connectivity index (χ0v) is 11.6. The Morgan fingerprint density at radius 1 is 1.33 bits per heavy atom. The van der Waals surface area contributed by atoms with Crippen LogP contribution in [0.2, 0.25) is 0 Å². The highest BCUT2D eigenvalue weighted by Crippen LogP contribution is 2.23. The van der Waals surface area contributed by atoms with E-state index in [1.54, 1.807) is 18.2 Å². The Labute approximate surface area is 121 Å². The first kappa shape index (κ1) is 13.2. The molecule has 2 N–H and O–H groups in total. The van der Waals surface area contributed by atoms with Crippen LogP contribution in [0, 0.1) is 6.92 Å². The maximum atomic E-state index is 12.1. The molecule has 2 heterocycles. The number of carbonyl (C=O) groups is 1. The van der Waals surface area contributed by atoms with Gasteiger partial charge in [-0.3, -0.25) is 4.79 Å². The molecule has 0 bridgehead atoms. The number of aryl methyl sites for hydroxylation is 1. The number of anilines is 1. The smallest absolute Gasteiger partial charge is 0.230 e. The van der Waals surface area contributed by atoms with Crippen molar-refractivity contribution in [1.82, 2.24) is 9.38 Å². The summed E-state index contributed by atoms with van der Waals surface area (Å²) in [7, 11) is 0. The number of hydrogen-bond acceptors (Lipinski definition) is 3. The number of fused-ring (bicyclic) bond motifs is 1. The van der Waals surface area contributed by atoms with Gasteiger partial charge in [0.2, 0.25) is 5.91 Å². The van der Waals surface area contributed by atoms with Gasteiger partial charge in [0.1, 0.15) is 11.4 Å². The van der Waals surface area contributed by atoms with Crippen molar-refractivity contribution in [3.05, 3.63) is 60.0 Å². The first-order valence-corrected chi connectivity index (χ1v) is 6.64. The Morgan fingerprint density at radius 3 is 3.00 bits per heavy atom. The summed E-state index contributed by atoms with van der Waals surface area (Å²) >= 11 is 0. The maximum Gasteiger partial charge on any atom is 0.230 e. The van der Waals surface area contributed by atoms with Crippen molar-refractivity contribution in [2.75, 3.05) is 5.32 Å². The molecule has 3 rings (SSSR count). The number of aromatic hydroxyl groups is 1. The number of amides is 1. The van der Waals surface area contributed by atoms with Crippen LogP contribution in [0.15, 0.2) is 48.8 Å². The molecule has 1 amide bonds. The molecular weight excluding hydrogens is 266 g/mol. The average Bonchev–Trinajstić information content (AvgIpc) is 2.84. The van der Waals surface area contributed by atoms with Crippen molar-refractivity contribution in [3.8, 4) is 5.75 Å². The van der Waals surface area contributed by atoms with Gasteiger partial charge in [0, 0.05) is 12.4 Å². The molecule has 0 spiro atoms. The number of rotatable bonds is 3. The summed E-state index contributed by atoms with van der Waals surface area (Å²) in [6.45, 7) is 1.90. The van der Waals surface area contributed by atoms with Crippen LogP contribution in [-0.4, -0.2) is 20.4 Å². The Balaban J connectivity index is 1.75. The van der Waals surface area contributed by atoms with E-state index >= 15 is 0 Å². The summed E-state index contributed by atoms with van der Waals surface area (Å²) in [5, 5.41) is 12.4. The first-order valence-electron chi connectivity index (χ1n) is 6.64. The normalized spacial score (nSPS) is 10.7. The van der Waals surface area contributed by atoms with E-state index < -0.39 is 0 Å². The Bertz CT molecular complexity index is 775. The zero-order valence-electron chi connectivity index (χ0n) is 11.6. The van der Waals surface area contributed by atoms with E-state index in [0.717, 1.165) is 11.2 Å². The van der Waals surface area contributed by atoms with E-state index in [1.807, 2.05) is 41.9 Å². The molecule has 0 unspecified atom stereocenters. The van der Waals surface area contributed by atoms with E-state index in [2.05, 4.69) is 10.3 Å². The summed E-state index contributed by atoms with van der Waals surface area (Å²) in [6, 6.07) is 10.8. The van der Waals surface area contributed by atoms with Crippen molar-refractivity contribution in [2.24, 2.45) is 0 Å². The predicted octanol–water partition coefficient (Wildman–Crippen LogP) is 2.53. The number of hydrogen-bond donors (Lipinski definition) is 2. The third kappa shape index (κ3) is 2.86. The molecule has 1 aromatic carbocycles. The number of aromatic nitrogens is 2. The molecule has 5 heteroatoms. The second-order valence-electron chi connectivity index (χ2n) is 4.94. The summed E-state index contributed by atoms with van der Waals surface area (Å²) < 4.78 is 1.87. The third-order valence-electron chi connectivity index (χ3n) is 3.18. The highest BCUT2D eigenvalue weighted by atomic mass is 16.3. The molecule has 0 fully saturated rings. The minimum absolute atomic E-state index is 0.0592. The molecule has 0 radical (unpaired) electrons. The summed E-state index contributed by atoms with van der Waals surface area (Å²) in [6.07, 6.45) is 3.87. The van der Waals surface area contributed by atoms with Crippen LogP contribution in [0.25, 0.3) is 5.65 Å². The van der Waals surface area contributed by atoms with Crippen molar-refractivity contribution >= 4 is 17.2 Å². The highest BCUT2D eigenvalue weighted by molar-refractivity contribution is 5.93. The Morgan fingerprint density at radius 2 is 2.19 bits per heavy atom. The van der Waals surface area contributed by atoms with Crippen LogP contribution in [0.5, 0.6) is 5.75 Å². The van der Waals surface area contributed by atoms with Crippen LogP contribution < -0.4 is 5.32 Å². The van der Waals surface area contributed by atoms with Gasteiger partial charge in [-0.25, -0.2) is 4.98 Å². The quantitative estimate of drug-likeness (QED) is 0.725. The van der Waals surface area contributed by atoms with Crippen LogP contribution in [-0.2, 0) is 11.2 Å². The second kappa shape index (κ2) is 5.28. The van der Waals surface area contributed by atoms with Gasteiger partial charge >= 0.3 is 0 Å². The van der Waals surface area contributed by atoms with Gasteiger partial charge < -0.3 is 14.8 Å². The van der Waals surface area contributed by atoms with E-state index in [1.165, 1.54) is 0 Å². The van der Waals surface area contributed by atoms with E-state index in [-0.39, 0.29) is 18.1 Å². The molecular formula is C16H15N3O2. The molecule has 0 aliphatic carbocycles. The number of nitrogens with one attached hydrogen (secondary N) is 1. The van der Waals surface area contributed by atoms with Crippen molar-refractivity contribution < 1.29 is 9.90 Å². The lowest BCUT2D eigenvalue weighted by molar-refractivity contribution is -0.115. The van der Waals surface area contributed by atoms with E-state index in [0.29, 0.717) is 11.4 Å². The van der Waals surface area contributed by atoms with Crippen LogP contribution in [0.3, 0.4) is 0 Å². The average molecular weight is 281 g/mol. The summed E-state index contributed by atoms with van der Waals surface area (Å²) in [5.41, 5.74) is 2.88. The minimum Gasteiger partial charge on any atom is -0.506 e. The largest absolute Gasteiger partial charge is 0.506 e. The predicted molar refractivity (Wildman–Crippen MR) is 80.4 cm³/mol. The number of pyridine rings is 1. The van der Waals surface area contributed by atoms with Crippen LogP contribution >= 0.6 is 0 Å². The molecule has 0 aliphatic heterocycles.